The van der Waals surface area contributed by atoms with E-state index in [2.05, 4.69) is 9.72 Å². The average Bonchev–Trinajstić information content (AvgIpc) is 3.41. The molecule has 172 valence electrons. The molecular formula is C23H21F3N4O3. The molecule has 1 N–H and O–H groups in total. The highest BCUT2D eigenvalue weighted by atomic mass is 19.4. The van der Waals surface area contributed by atoms with Crippen molar-refractivity contribution in [3.63, 3.8) is 0 Å². The lowest BCUT2D eigenvalue weighted by molar-refractivity contribution is -0.274. The van der Waals surface area contributed by atoms with Gasteiger partial charge in [0.1, 0.15) is 5.75 Å². The highest BCUT2D eigenvalue weighted by molar-refractivity contribution is 5.94. The summed E-state index contributed by atoms with van der Waals surface area (Å²) in [5.74, 6) is -0.295. The van der Waals surface area contributed by atoms with Crippen molar-refractivity contribution in [2.45, 2.75) is 38.1 Å². The number of hydrogen-bond donors (Lipinski definition) is 1. The van der Waals surface area contributed by atoms with Crippen molar-refractivity contribution in [2.24, 2.45) is 0 Å². The van der Waals surface area contributed by atoms with Crippen LogP contribution in [0.2, 0.25) is 0 Å². The lowest BCUT2D eigenvalue weighted by atomic mass is 9.92. The van der Waals surface area contributed by atoms with Gasteiger partial charge in [0.15, 0.2) is 5.65 Å². The number of pyridine rings is 1. The molecule has 1 aliphatic heterocycles. The molecule has 7 nitrogen and oxygen atoms in total. The topological polar surface area (TPSA) is 80.5 Å². The smallest absolute Gasteiger partial charge is 0.406 e. The summed E-state index contributed by atoms with van der Waals surface area (Å²) in [6.07, 6.45) is 1.54. The van der Waals surface area contributed by atoms with Gasteiger partial charge in [-0.15, -0.1) is 13.2 Å². The molecule has 1 amide bonds. The quantitative estimate of drug-likeness (QED) is 0.628. The van der Waals surface area contributed by atoms with Gasteiger partial charge in [-0.05, 0) is 55.2 Å². The van der Waals surface area contributed by atoms with E-state index < -0.39 is 6.36 Å². The first-order valence-corrected chi connectivity index (χ1v) is 10.7. The van der Waals surface area contributed by atoms with Gasteiger partial charge < -0.3 is 14.7 Å². The number of rotatable bonds is 5. The van der Waals surface area contributed by atoms with E-state index in [0.29, 0.717) is 41.1 Å². The number of allylic oxidation sites excluding steroid dienone is 1. The fourth-order valence-electron chi connectivity index (χ4n) is 4.41. The Kier molecular flexibility index (Phi) is 5.32. The minimum Gasteiger partial charge on any atom is -0.406 e. The molecule has 10 heteroatoms. The van der Waals surface area contributed by atoms with Crippen molar-refractivity contribution < 1.29 is 27.8 Å². The van der Waals surface area contributed by atoms with Gasteiger partial charge in [0.25, 0.3) is 0 Å². The van der Waals surface area contributed by atoms with E-state index in [-0.39, 0.29) is 24.2 Å². The maximum atomic E-state index is 12.6. The number of aliphatic hydroxyl groups excluding tert-OH is 1. The molecule has 2 aromatic heterocycles. The first-order chi connectivity index (χ1) is 15.8. The predicted octanol–water partition coefficient (Wildman–Crippen LogP) is 3.85. The Bertz CT molecular complexity index is 1230. The van der Waals surface area contributed by atoms with Crippen LogP contribution in [0.3, 0.4) is 0 Å². The third-order valence-corrected chi connectivity index (χ3v) is 6.04. The van der Waals surface area contributed by atoms with E-state index in [1.807, 2.05) is 6.08 Å². The number of likely N-dealkylation sites (tertiary alicyclic amines) is 1. The Labute approximate surface area is 187 Å². The van der Waals surface area contributed by atoms with Crippen LogP contribution in [0.25, 0.3) is 16.7 Å². The zero-order chi connectivity index (χ0) is 23.2. The number of fused-ring (bicyclic) bond motifs is 1. The molecule has 0 spiro atoms. The van der Waals surface area contributed by atoms with Crippen LogP contribution in [0.5, 0.6) is 5.75 Å². The van der Waals surface area contributed by atoms with Gasteiger partial charge in [0, 0.05) is 36.2 Å². The highest BCUT2D eigenvalue weighted by Gasteiger charge is 2.37. The molecule has 0 radical (unpaired) electrons. The number of benzene rings is 1. The van der Waals surface area contributed by atoms with Crippen LogP contribution in [-0.2, 0) is 11.4 Å². The Hall–Kier alpha value is -3.40. The summed E-state index contributed by atoms with van der Waals surface area (Å²) >= 11 is 0. The summed E-state index contributed by atoms with van der Waals surface area (Å²) in [4.78, 5) is 18.8. The van der Waals surface area contributed by atoms with Gasteiger partial charge in [-0.1, -0.05) is 6.08 Å². The molecule has 3 heterocycles. The van der Waals surface area contributed by atoms with Gasteiger partial charge >= 0.3 is 6.36 Å². The Balaban J connectivity index is 1.46. The number of alkyl halides is 3. The zero-order valence-corrected chi connectivity index (χ0v) is 17.5. The average molecular weight is 458 g/mol. The maximum Gasteiger partial charge on any atom is 0.573 e. The van der Waals surface area contributed by atoms with Crippen LogP contribution in [0.4, 0.5) is 13.2 Å². The summed E-state index contributed by atoms with van der Waals surface area (Å²) in [5, 5.41) is 15.3. The van der Waals surface area contributed by atoms with Crippen LogP contribution in [0.1, 0.15) is 36.4 Å². The molecule has 3 aromatic rings. The normalized spacial score (nSPS) is 16.7. The third-order valence-electron chi connectivity index (χ3n) is 6.04. The number of halogens is 3. The van der Waals surface area contributed by atoms with Crippen LogP contribution in [0.15, 0.2) is 48.2 Å². The standard InChI is InChI=1S/C23H21F3N4O3/c24-23(25,26)33-18-7-5-17(6-8-18)30-21-19(15(13-31)9-10-27-21)20(28-30)16-11-29(12-16)22(32)14-3-1-2-4-14/h3,5-10,16,31H,1-2,4,11-13H2. The summed E-state index contributed by atoms with van der Waals surface area (Å²) < 4.78 is 42.9. The van der Waals surface area contributed by atoms with Crippen LogP contribution in [0, 0.1) is 0 Å². The molecule has 0 unspecified atom stereocenters. The van der Waals surface area contributed by atoms with Crippen molar-refractivity contribution in [3.05, 3.63) is 59.4 Å². The van der Waals surface area contributed by atoms with E-state index in [1.165, 1.54) is 24.3 Å². The van der Waals surface area contributed by atoms with Crippen molar-refractivity contribution in [3.8, 4) is 11.4 Å². The fraction of sp³-hybridized carbons (Fsp3) is 0.348. The highest BCUT2D eigenvalue weighted by Crippen LogP contribution is 2.36. The van der Waals surface area contributed by atoms with Gasteiger partial charge in [0.2, 0.25) is 5.91 Å². The molecule has 5 rings (SSSR count). The van der Waals surface area contributed by atoms with E-state index >= 15 is 0 Å². The van der Waals surface area contributed by atoms with Crippen LogP contribution < -0.4 is 4.74 Å². The Morgan fingerprint density at radius 2 is 1.94 bits per heavy atom. The molecule has 0 atom stereocenters. The second-order valence-corrected chi connectivity index (χ2v) is 8.19. The number of ether oxygens (including phenoxy) is 1. The summed E-state index contributed by atoms with van der Waals surface area (Å²) in [5.41, 5.74) is 3.22. The monoisotopic (exact) mass is 458 g/mol. The molecule has 1 fully saturated rings. The van der Waals surface area contributed by atoms with Crippen molar-refractivity contribution in [1.82, 2.24) is 19.7 Å². The molecular weight excluding hydrogens is 437 g/mol. The maximum absolute atomic E-state index is 12.6. The van der Waals surface area contributed by atoms with Crippen molar-refractivity contribution in [2.75, 3.05) is 13.1 Å². The lowest BCUT2D eigenvalue weighted by Crippen LogP contribution is -2.49. The third kappa shape index (κ3) is 4.06. The number of aliphatic hydroxyl groups is 1. The van der Waals surface area contributed by atoms with Crippen molar-refractivity contribution >= 4 is 16.9 Å². The SMILES string of the molecule is O=C(C1=CCCC1)N1CC(c2nn(-c3ccc(OC(F)(F)F)cc3)c3nccc(CO)c23)C1. The Morgan fingerprint density at radius 3 is 2.58 bits per heavy atom. The van der Waals surface area contributed by atoms with Crippen LogP contribution in [-0.4, -0.2) is 50.1 Å². The predicted molar refractivity (Wildman–Crippen MR) is 113 cm³/mol. The fourth-order valence-corrected chi connectivity index (χ4v) is 4.41. The first-order valence-electron chi connectivity index (χ1n) is 10.7. The lowest BCUT2D eigenvalue weighted by Gasteiger charge is -2.39. The van der Waals surface area contributed by atoms with E-state index in [1.54, 1.807) is 21.8 Å². The van der Waals surface area contributed by atoms with E-state index in [9.17, 15) is 23.1 Å². The molecule has 2 aliphatic rings. The van der Waals surface area contributed by atoms with E-state index in [4.69, 9.17) is 5.10 Å². The minimum atomic E-state index is -4.77. The van der Waals surface area contributed by atoms with Crippen molar-refractivity contribution in [1.29, 1.82) is 0 Å². The van der Waals surface area contributed by atoms with Gasteiger partial charge in [-0.2, -0.15) is 5.10 Å². The number of aromatic nitrogens is 3. The molecule has 33 heavy (non-hydrogen) atoms. The molecule has 1 aromatic carbocycles. The number of carbonyl (C=O) groups excluding carboxylic acids is 1. The number of nitrogens with zero attached hydrogens (tertiary/aromatic N) is 4. The number of carbonyl (C=O) groups is 1. The second kappa shape index (κ2) is 8.18. The summed E-state index contributed by atoms with van der Waals surface area (Å²) in [6.45, 7) is 0.819. The molecule has 0 bridgehead atoms. The summed E-state index contributed by atoms with van der Waals surface area (Å²) in [7, 11) is 0. The first kappa shape index (κ1) is 21.4. The molecule has 0 saturated carbocycles. The zero-order valence-electron chi connectivity index (χ0n) is 17.5. The second-order valence-electron chi connectivity index (χ2n) is 8.19. The molecule has 1 saturated heterocycles. The number of amides is 1. The molecule has 1 aliphatic carbocycles. The minimum absolute atomic E-state index is 0.0259. The Morgan fingerprint density at radius 1 is 1.18 bits per heavy atom. The summed E-state index contributed by atoms with van der Waals surface area (Å²) in [6, 6.07) is 7.07. The van der Waals surface area contributed by atoms with Crippen LogP contribution >= 0.6 is 0 Å². The van der Waals surface area contributed by atoms with Gasteiger partial charge in [-0.25, -0.2) is 9.67 Å². The number of hydrogen-bond acceptors (Lipinski definition) is 5. The van der Waals surface area contributed by atoms with E-state index in [0.717, 1.165) is 24.8 Å². The largest absolute Gasteiger partial charge is 0.573 e. The van der Waals surface area contributed by atoms with Gasteiger partial charge in [-0.3, -0.25) is 4.79 Å². The van der Waals surface area contributed by atoms with Gasteiger partial charge in [0.05, 0.1) is 18.0 Å².